The van der Waals surface area contributed by atoms with Crippen LogP contribution in [0.4, 0.5) is 0 Å². The highest BCUT2D eigenvalue weighted by atomic mass is 127. The van der Waals surface area contributed by atoms with Crippen LogP contribution < -0.4 is 16.0 Å². The molecule has 164 valence electrons. The smallest absolute Gasteiger partial charge is 0.223 e. The summed E-state index contributed by atoms with van der Waals surface area (Å²) in [7, 11) is 1.77. The SMILES string of the molecule is CCC(CC)c1cc(CNC(=NC)NC2CCCC(C(=O)NC3CC3)C2)on1.I. The minimum Gasteiger partial charge on any atom is -0.359 e. The number of rotatable bonds is 8. The maximum Gasteiger partial charge on any atom is 0.223 e. The van der Waals surface area contributed by atoms with Gasteiger partial charge in [-0.3, -0.25) is 9.79 Å². The Morgan fingerprint density at radius 2 is 1.97 bits per heavy atom. The molecule has 2 atom stereocenters. The molecule has 2 aliphatic rings. The molecule has 2 saturated carbocycles. The Hall–Kier alpha value is -1.32. The fourth-order valence-corrected chi connectivity index (χ4v) is 3.98. The molecule has 7 nitrogen and oxygen atoms in total. The van der Waals surface area contributed by atoms with Gasteiger partial charge in [0, 0.05) is 37.0 Å². The van der Waals surface area contributed by atoms with E-state index in [9.17, 15) is 4.79 Å². The summed E-state index contributed by atoms with van der Waals surface area (Å²) in [6.07, 6.45) is 8.38. The van der Waals surface area contributed by atoms with E-state index in [1.54, 1.807) is 7.05 Å². The standard InChI is InChI=1S/C21H35N5O2.HI/c1-4-14(5-2)19-12-18(28-26-19)13-23-21(22-3)25-17-8-6-7-15(11-17)20(27)24-16-9-10-16;/h12,14-17H,4-11,13H2,1-3H3,(H,24,27)(H2,22,23,25);1H. The van der Waals surface area contributed by atoms with E-state index in [2.05, 4.69) is 39.9 Å². The largest absolute Gasteiger partial charge is 0.359 e. The Balaban J connectivity index is 0.00000300. The number of aromatic nitrogens is 1. The first-order chi connectivity index (χ1) is 13.6. The van der Waals surface area contributed by atoms with Crippen LogP contribution in [0.15, 0.2) is 15.6 Å². The third-order valence-electron chi connectivity index (χ3n) is 5.94. The number of halogens is 1. The van der Waals surface area contributed by atoms with Gasteiger partial charge in [0.1, 0.15) is 0 Å². The van der Waals surface area contributed by atoms with Crippen molar-refractivity contribution >= 4 is 35.8 Å². The number of hydrogen-bond acceptors (Lipinski definition) is 4. The number of nitrogens with zero attached hydrogens (tertiary/aromatic N) is 2. The van der Waals surface area contributed by atoms with E-state index < -0.39 is 0 Å². The van der Waals surface area contributed by atoms with Crippen molar-refractivity contribution in [1.29, 1.82) is 0 Å². The lowest BCUT2D eigenvalue weighted by atomic mass is 9.85. The van der Waals surface area contributed by atoms with Crippen LogP contribution in [0, 0.1) is 5.92 Å². The van der Waals surface area contributed by atoms with Crippen molar-refractivity contribution in [2.75, 3.05) is 7.05 Å². The number of aliphatic imine (C=N–C) groups is 1. The van der Waals surface area contributed by atoms with Crippen LogP contribution in [-0.4, -0.2) is 36.2 Å². The van der Waals surface area contributed by atoms with E-state index in [1.807, 2.05) is 6.07 Å². The zero-order valence-corrected chi connectivity index (χ0v) is 20.2. The molecule has 29 heavy (non-hydrogen) atoms. The quantitative estimate of drug-likeness (QED) is 0.278. The van der Waals surface area contributed by atoms with Crippen molar-refractivity contribution in [1.82, 2.24) is 21.1 Å². The Kier molecular flexibility index (Phi) is 9.71. The van der Waals surface area contributed by atoms with Crippen LogP contribution >= 0.6 is 24.0 Å². The zero-order valence-electron chi connectivity index (χ0n) is 17.9. The summed E-state index contributed by atoms with van der Waals surface area (Å²) in [5, 5.41) is 14.2. The van der Waals surface area contributed by atoms with Gasteiger partial charge < -0.3 is 20.5 Å². The zero-order chi connectivity index (χ0) is 19.9. The summed E-state index contributed by atoms with van der Waals surface area (Å²) in [5.74, 6) is 2.36. The first kappa shape index (κ1) is 24.0. The summed E-state index contributed by atoms with van der Waals surface area (Å²) < 4.78 is 5.48. The number of hydrogen-bond donors (Lipinski definition) is 3. The second-order valence-corrected chi connectivity index (χ2v) is 8.14. The molecule has 0 bridgehead atoms. The molecule has 2 aliphatic carbocycles. The molecule has 0 radical (unpaired) electrons. The van der Waals surface area contributed by atoms with Crippen molar-refractivity contribution in [3.8, 4) is 0 Å². The van der Waals surface area contributed by atoms with Crippen molar-refractivity contribution < 1.29 is 9.32 Å². The molecule has 8 heteroatoms. The summed E-state index contributed by atoms with van der Waals surface area (Å²) in [5.41, 5.74) is 1.03. The van der Waals surface area contributed by atoms with Crippen molar-refractivity contribution in [2.24, 2.45) is 10.9 Å². The summed E-state index contributed by atoms with van der Waals surface area (Å²) in [6.45, 7) is 4.90. The predicted molar refractivity (Wildman–Crippen MR) is 125 cm³/mol. The molecular formula is C21H36IN5O2. The number of amides is 1. The lowest BCUT2D eigenvalue weighted by Gasteiger charge is -2.30. The third-order valence-corrected chi connectivity index (χ3v) is 5.94. The Labute approximate surface area is 191 Å². The number of nitrogens with one attached hydrogen (secondary N) is 3. The molecule has 0 aromatic carbocycles. The van der Waals surface area contributed by atoms with E-state index in [4.69, 9.17) is 4.52 Å². The Morgan fingerprint density at radius 3 is 2.62 bits per heavy atom. The molecule has 0 saturated heterocycles. The first-order valence-corrected chi connectivity index (χ1v) is 10.9. The summed E-state index contributed by atoms with van der Waals surface area (Å²) in [6, 6.07) is 2.74. The van der Waals surface area contributed by atoms with E-state index in [1.165, 1.54) is 0 Å². The van der Waals surface area contributed by atoms with Gasteiger partial charge in [-0.1, -0.05) is 25.4 Å². The highest BCUT2D eigenvalue weighted by Gasteiger charge is 2.31. The molecule has 0 aliphatic heterocycles. The monoisotopic (exact) mass is 517 g/mol. The molecular weight excluding hydrogens is 481 g/mol. The third kappa shape index (κ3) is 7.15. The van der Waals surface area contributed by atoms with Crippen LogP contribution in [0.5, 0.6) is 0 Å². The van der Waals surface area contributed by atoms with Gasteiger partial charge in [0.05, 0.1) is 12.2 Å². The predicted octanol–water partition coefficient (Wildman–Crippen LogP) is 3.70. The van der Waals surface area contributed by atoms with Crippen LogP contribution in [0.25, 0.3) is 0 Å². The van der Waals surface area contributed by atoms with E-state index in [-0.39, 0.29) is 41.8 Å². The molecule has 0 spiro atoms. The highest BCUT2D eigenvalue weighted by Crippen LogP contribution is 2.27. The topological polar surface area (TPSA) is 91.5 Å². The lowest BCUT2D eigenvalue weighted by Crippen LogP contribution is -2.47. The maximum absolute atomic E-state index is 12.4. The van der Waals surface area contributed by atoms with E-state index >= 15 is 0 Å². The number of carbonyl (C=O) groups excluding carboxylic acids is 1. The maximum atomic E-state index is 12.4. The Bertz CT molecular complexity index is 670. The normalized spacial score (nSPS) is 22.1. The van der Waals surface area contributed by atoms with Crippen LogP contribution in [-0.2, 0) is 11.3 Å². The van der Waals surface area contributed by atoms with E-state index in [0.717, 1.165) is 68.8 Å². The van der Waals surface area contributed by atoms with Crippen LogP contribution in [0.1, 0.15) is 82.6 Å². The van der Waals surface area contributed by atoms with Gasteiger partial charge in [0.25, 0.3) is 0 Å². The fraction of sp³-hybridized carbons (Fsp3) is 0.762. The molecule has 2 fully saturated rings. The highest BCUT2D eigenvalue weighted by molar-refractivity contribution is 14.0. The Morgan fingerprint density at radius 1 is 1.21 bits per heavy atom. The van der Waals surface area contributed by atoms with Crippen LogP contribution in [0.3, 0.4) is 0 Å². The molecule has 1 amide bonds. The summed E-state index contributed by atoms with van der Waals surface area (Å²) in [4.78, 5) is 16.7. The van der Waals surface area contributed by atoms with Crippen molar-refractivity contribution in [2.45, 2.75) is 89.8 Å². The first-order valence-electron chi connectivity index (χ1n) is 10.9. The minimum atomic E-state index is 0. The average Bonchev–Trinajstić information content (AvgIpc) is 3.41. The molecule has 3 N–H and O–H groups in total. The van der Waals surface area contributed by atoms with Gasteiger partial charge in [0.2, 0.25) is 5.91 Å². The fourth-order valence-electron chi connectivity index (χ4n) is 3.98. The van der Waals surface area contributed by atoms with Crippen molar-refractivity contribution in [3.05, 3.63) is 17.5 Å². The summed E-state index contributed by atoms with van der Waals surface area (Å²) >= 11 is 0. The van der Waals surface area contributed by atoms with Gasteiger partial charge in [0.15, 0.2) is 11.7 Å². The van der Waals surface area contributed by atoms with Crippen molar-refractivity contribution in [3.63, 3.8) is 0 Å². The number of guanidine groups is 1. The average molecular weight is 517 g/mol. The van der Waals surface area contributed by atoms with Crippen LogP contribution in [0.2, 0.25) is 0 Å². The van der Waals surface area contributed by atoms with Gasteiger partial charge in [-0.25, -0.2) is 0 Å². The van der Waals surface area contributed by atoms with Gasteiger partial charge in [-0.05, 0) is 44.9 Å². The van der Waals surface area contributed by atoms with Gasteiger partial charge in [-0.15, -0.1) is 24.0 Å². The second-order valence-electron chi connectivity index (χ2n) is 8.14. The molecule has 1 heterocycles. The minimum absolute atomic E-state index is 0. The molecule has 1 aromatic rings. The van der Waals surface area contributed by atoms with Gasteiger partial charge in [-0.2, -0.15) is 0 Å². The van der Waals surface area contributed by atoms with E-state index in [0.29, 0.717) is 18.5 Å². The second kappa shape index (κ2) is 11.8. The molecule has 3 rings (SSSR count). The molecule has 1 aromatic heterocycles. The van der Waals surface area contributed by atoms with Gasteiger partial charge >= 0.3 is 0 Å². The molecule has 2 unspecified atom stereocenters. The lowest BCUT2D eigenvalue weighted by molar-refractivity contribution is -0.126. The number of carbonyl (C=O) groups is 1.